The van der Waals surface area contributed by atoms with E-state index >= 15 is 0 Å². The van der Waals surface area contributed by atoms with E-state index in [1.165, 1.54) is 20.0 Å². The fraction of sp³-hybridized carbons (Fsp3) is 0.429. The Kier molecular flexibility index (Phi) is 2.70. The summed E-state index contributed by atoms with van der Waals surface area (Å²) < 4.78 is 13.6. The van der Waals surface area contributed by atoms with Gasteiger partial charge in [-0.05, 0) is 29.8 Å². The van der Waals surface area contributed by atoms with Gasteiger partial charge in [0.05, 0.1) is 10.7 Å². The topological polar surface area (TPSA) is 57.8 Å². The third kappa shape index (κ3) is 2.51. The number of carbonyl (C=O) groups is 1. The minimum absolute atomic E-state index is 0.357. The van der Waals surface area contributed by atoms with Gasteiger partial charge in [0, 0.05) is 0 Å². The van der Waals surface area contributed by atoms with Crippen molar-refractivity contribution in [2.24, 2.45) is 0 Å². The van der Waals surface area contributed by atoms with Crippen LogP contribution >= 0.6 is 15.9 Å². The summed E-state index contributed by atoms with van der Waals surface area (Å²) >= 11 is 3.13. The van der Waals surface area contributed by atoms with E-state index in [1.54, 1.807) is 0 Å². The van der Waals surface area contributed by atoms with Crippen LogP contribution in [0.4, 0.5) is 10.2 Å². The zero-order chi connectivity index (χ0) is 10.1. The Morgan fingerprint density at radius 2 is 2.38 bits per heavy atom. The summed E-state index contributed by atoms with van der Waals surface area (Å²) in [6.07, 6.45) is 1.47. The third-order valence-corrected chi connectivity index (χ3v) is 1.97. The van der Waals surface area contributed by atoms with E-state index in [2.05, 4.69) is 31.4 Å². The van der Waals surface area contributed by atoms with Gasteiger partial charge in [-0.15, -0.1) is 0 Å². The number of alkyl halides is 1. The average molecular weight is 250 g/mol. The van der Waals surface area contributed by atoms with E-state index in [9.17, 15) is 9.18 Å². The van der Waals surface area contributed by atoms with Gasteiger partial charge in [0.2, 0.25) is 0 Å². The van der Waals surface area contributed by atoms with E-state index in [4.69, 9.17) is 0 Å². The first-order valence-electron chi connectivity index (χ1n) is 3.60. The lowest BCUT2D eigenvalue weighted by Crippen LogP contribution is -2.32. The maximum atomic E-state index is 13.0. The fourth-order valence-electron chi connectivity index (χ4n) is 0.621. The van der Waals surface area contributed by atoms with Crippen LogP contribution in [0.15, 0.2) is 10.7 Å². The van der Waals surface area contributed by atoms with Gasteiger partial charge in [0.25, 0.3) is 5.91 Å². The van der Waals surface area contributed by atoms with Crippen LogP contribution in [0.5, 0.6) is 0 Å². The maximum Gasteiger partial charge on any atom is 0.262 e. The summed E-state index contributed by atoms with van der Waals surface area (Å²) in [5.74, 6) is -0.354. The molecule has 4 nitrogen and oxygen atoms in total. The first-order chi connectivity index (χ1) is 5.91. The molecular weight excluding hydrogens is 241 g/mol. The van der Waals surface area contributed by atoms with Crippen LogP contribution in [0.1, 0.15) is 13.8 Å². The van der Waals surface area contributed by atoms with Gasteiger partial charge in [-0.25, -0.2) is 4.39 Å². The van der Waals surface area contributed by atoms with Crippen LogP contribution in [0.25, 0.3) is 0 Å². The highest BCUT2D eigenvalue weighted by Crippen LogP contribution is 2.20. The molecular formula is C7H9BrFN3O. The van der Waals surface area contributed by atoms with Gasteiger partial charge in [0.15, 0.2) is 5.67 Å². The van der Waals surface area contributed by atoms with Crippen molar-refractivity contribution in [3.05, 3.63) is 10.7 Å². The second-order valence-corrected chi connectivity index (χ2v) is 3.87. The monoisotopic (exact) mass is 249 g/mol. The molecule has 0 saturated carbocycles. The number of H-pyrrole nitrogens is 1. The molecule has 0 aliphatic rings. The Bertz CT molecular complexity index is 318. The SMILES string of the molecule is CC(C)(F)C(=O)Nc1[nH]ncc1Br. The van der Waals surface area contributed by atoms with Crippen LogP contribution in [0.2, 0.25) is 0 Å². The van der Waals surface area contributed by atoms with Crippen molar-refractivity contribution in [2.75, 3.05) is 5.32 Å². The molecule has 6 heteroatoms. The molecule has 1 heterocycles. The van der Waals surface area contributed by atoms with E-state index in [-0.39, 0.29) is 0 Å². The summed E-state index contributed by atoms with van der Waals surface area (Å²) in [6, 6.07) is 0. The number of aromatic amines is 1. The molecule has 1 amide bonds. The van der Waals surface area contributed by atoms with Crippen molar-refractivity contribution in [1.82, 2.24) is 10.2 Å². The first kappa shape index (κ1) is 10.2. The first-order valence-corrected chi connectivity index (χ1v) is 4.40. The third-order valence-electron chi connectivity index (χ3n) is 1.37. The number of nitrogens with one attached hydrogen (secondary N) is 2. The van der Waals surface area contributed by atoms with E-state index in [1.807, 2.05) is 0 Å². The van der Waals surface area contributed by atoms with E-state index in [0.29, 0.717) is 10.3 Å². The number of rotatable bonds is 2. The number of carbonyl (C=O) groups excluding carboxylic acids is 1. The van der Waals surface area contributed by atoms with Crippen LogP contribution in [-0.4, -0.2) is 21.8 Å². The summed E-state index contributed by atoms with van der Waals surface area (Å²) in [7, 11) is 0. The zero-order valence-corrected chi connectivity index (χ0v) is 8.77. The molecule has 0 radical (unpaired) electrons. The minimum atomic E-state index is -1.90. The number of amides is 1. The normalized spacial score (nSPS) is 11.4. The highest BCUT2D eigenvalue weighted by molar-refractivity contribution is 9.10. The highest BCUT2D eigenvalue weighted by Gasteiger charge is 2.27. The summed E-state index contributed by atoms with van der Waals surface area (Å²) in [5, 5.41) is 8.51. The van der Waals surface area contributed by atoms with Crippen molar-refractivity contribution < 1.29 is 9.18 Å². The number of anilines is 1. The summed E-state index contributed by atoms with van der Waals surface area (Å²) in [4.78, 5) is 11.1. The molecule has 72 valence electrons. The van der Waals surface area contributed by atoms with Crippen LogP contribution < -0.4 is 5.32 Å². The molecule has 0 aromatic carbocycles. The summed E-state index contributed by atoms with van der Waals surface area (Å²) in [6.45, 7) is 2.37. The van der Waals surface area contributed by atoms with Crippen molar-refractivity contribution >= 4 is 27.7 Å². The van der Waals surface area contributed by atoms with Gasteiger partial charge >= 0.3 is 0 Å². The van der Waals surface area contributed by atoms with Gasteiger partial charge in [0.1, 0.15) is 5.82 Å². The van der Waals surface area contributed by atoms with Gasteiger partial charge in [-0.2, -0.15) is 5.10 Å². The predicted molar refractivity (Wildman–Crippen MR) is 50.1 cm³/mol. The fourth-order valence-corrected chi connectivity index (χ4v) is 0.911. The Morgan fingerprint density at radius 1 is 1.77 bits per heavy atom. The van der Waals surface area contributed by atoms with E-state index in [0.717, 1.165) is 0 Å². The van der Waals surface area contributed by atoms with Crippen LogP contribution in [0.3, 0.4) is 0 Å². The van der Waals surface area contributed by atoms with Crippen molar-refractivity contribution in [1.29, 1.82) is 0 Å². The molecule has 1 aromatic heterocycles. The Hall–Kier alpha value is -0.910. The molecule has 1 aromatic rings. The standard InChI is InChI=1S/C7H9BrFN3O/c1-7(2,9)6(13)11-5-4(8)3-10-12-5/h3H,1-2H3,(H2,10,11,12,13). The molecule has 0 bridgehead atoms. The smallest absolute Gasteiger partial charge is 0.262 e. The molecule has 0 spiro atoms. The number of hydrogen-bond acceptors (Lipinski definition) is 2. The molecule has 0 aliphatic heterocycles. The molecule has 0 fully saturated rings. The second-order valence-electron chi connectivity index (χ2n) is 3.02. The molecule has 0 unspecified atom stereocenters. The summed E-state index contributed by atoms with van der Waals surface area (Å²) in [5.41, 5.74) is -1.90. The number of halogens is 2. The molecule has 2 N–H and O–H groups in total. The molecule has 0 saturated heterocycles. The van der Waals surface area contributed by atoms with Gasteiger partial charge in [-0.3, -0.25) is 9.89 Å². The number of hydrogen-bond donors (Lipinski definition) is 2. The minimum Gasteiger partial charge on any atom is -0.307 e. The lowest BCUT2D eigenvalue weighted by molar-refractivity contribution is -0.125. The number of nitrogens with zero attached hydrogens (tertiary/aromatic N) is 1. The van der Waals surface area contributed by atoms with Gasteiger partial charge in [-0.1, -0.05) is 0 Å². The van der Waals surface area contributed by atoms with E-state index < -0.39 is 11.6 Å². The van der Waals surface area contributed by atoms with Crippen molar-refractivity contribution in [3.8, 4) is 0 Å². The second kappa shape index (κ2) is 3.45. The molecule has 0 atom stereocenters. The lowest BCUT2D eigenvalue weighted by atomic mass is 10.1. The molecule has 1 rings (SSSR count). The van der Waals surface area contributed by atoms with Gasteiger partial charge < -0.3 is 5.32 Å². The Balaban J connectivity index is 2.71. The predicted octanol–water partition coefficient (Wildman–Crippen LogP) is 1.86. The number of aromatic nitrogens is 2. The van der Waals surface area contributed by atoms with Crippen molar-refractivity contribution in [2.45, 2.75) is 19.5 Å². The van der Waals surface area contributed by atoms with Crippen molar-refractivity contribution in [3.63, 3.8) is 0 Å². The van der Waals surface area contributed by atoms with Crippen LogP contribution in [0, 0.1) is 0 Å². The quantitative estimate of drug-likeness (QED) is 0.841. The molecule has 0 aliphatic carbocycles. The highest BCUT2D eigenvalue weighted by atomic mass is 79.9. The zero-order valence-electron chi connectivity index (χ0n) is 7.19. The Labute approximate surface area is 83.0 Å². The average Bonchev–Trinajstić information content (AvgIpc) is 2.34. The largest absolute Gasteiger partial charge is 0.307 e. The molecule has 13 heavy (non-hydrogen) atoms. The lowest BCUT2D eigenvalue weighted by Gasteiger charge is -2.12. The Morgan fingerprint density at radius 3 is 2.77 bits per heavy atom. The van der Waals surface area contributed by atoms with Crippen LogP contribution in [-0.2, 0) is 4.79 Å². The maximum absolute atomic E-state index is 13.0.